The van der Waals surface area contributed by atoms with Crippen LogP contribution in [0.2, 0.25) is 0 Å². The molecule has 0 spiro atoms. The Morgan fingerprint density at radius 3 is 2.86 bits per heavy atom. The monoisotopic (exact) mass is 272 g/mol. The van der Waals surface area contributed by atoms with Gasteiger partial charge in [0.25, 0.3) is 0 Å². The molecular formula is C19H16N2. The van der Waals surface area contributed by atoms with E-state index in [9.17, 15) is 0 Å². The smallest absolute Gasteiger partial charge is 0.0705 e. The third-order valence-electron chi connectivity index (χ3n) is 4.01. The highest BCUT2D eigenvalue weighted by Gasteiger charge is 2.05. The fourth-order valence-electron chi connectivity index (χ4n) is 2.91. The molecule has 0 fully saturated rings. The van der Waals surface area contributed by atoms with Crippen LogP contribution in [-0.4, -0.2) is 9.55 Å². The van der Waals surface area contributed by atoms with Gasteiger partial charge in [0.2, 0.25) is 0 Å². The number of hydrogen-bond acceptors (Lipinski definition) is 1. The Morgan fingerprint density at radius 2 is 1.90 bits per heavy atom. The highest BCUT2D eigenvalue weighted by Crippen LogP contribution is 2.22. The van der Waals surface area contributed by atoms with Gasteiger partial charge in [-0.25, -0.2) is 0 Å². The zero-order chi connectivity index (χ0) is 14.2. The SMILES string of the molecule is Cc1ccc2ccn(Cc3ccnc4ccccc34)c2c1. The lowest BCUT2D eigenvalue weighted by atomic mass is 10.1. The lowest BCUT2D eigenvalue weighted by molar-refractivity contribution is 0.841. The van der Waals surface area contributed by atoms with Crippen molar-refractivity contribution in [2.24, 2.45) is 0 Å². The molecule has 0 N–H and O–H groups in total. The molecule has 0 amide bonds. The van der Waals surface area contributed by atoms with Crippen molar-refractivity contribution in [3.8, 4) is 0 Å². The number of nitrogens with zero attached hydrogens (tertiary/aromatic N) is 2. The molecule has 4 aromatic rings. The van der Waals surface area contributed by atoms with Crippen LogP contribution in [0.25, 0.3) is 21.8 Å². The summed E-state index contributed by atoms with van der Waals surface area (Å²) in [6.45, 7) is 3.01. The number of fused-ring (bicyclic) bond motifs is 2. The van der Waals surface area contributed by atoms with Crippen LogP contribution in [0.5, 0.6) is 0 Å². The second-order valence-corrected chi connectivity index (χ2v) is 5.49. The number of aryl methyl sites for hydroxylation is 1. The maximum absolute atomic E-state index is 4.44. The molecule has 2 heteroatoms. The van der Waals surface area contributed by atoms with Crippen molar-refractivity contribution >= 4 is 21.8 Å². The van der Waals surface area contributed by atoms with E-state index in [0.29, 0.717) is 0 Å². The maximum Gasteiger partial charge on any atom is 0.0705 e. The predicted octanol–water partition coefficient (Wildman–Crippen LogP) is 4.55. The molecule has 2 heterocycles. The van der Waals surface area contributed by atoms with Gasteiger partial charge in [0.15, 0.2) is 0 Å². The first-order chi connectivity index (χ1) is 10.3. The Morgan fingerprint density at radius 1 is 1.00 bits per heavy atom. The fourth-order valence-corrected chi connectivity index (χ4v) is 2.91. The molecule has 21 heavy (non-hydrogen) atoms. The molecule has 0 radical (unpaired) electrons. The highest BCUT2D eigenvalue weighted by molar-refractivity contribution is 5.83. The van der Waals surface area contributed by atoms with Crippen LogP contribution in [0.1, 0.15) is 11.1 Å². The van der Waals surface area contributed by atoms with Crippen molar-refractivity contribution in [1.29, 1.82) is 0 Å². The highest BCUT2D eigenvalue weighted by atomic mass is 14.9. The number of pyridine rings is 1. The molecule has 0 saturated carbocycles. The average Bonchev–Trinajstić information content (AvgIpc) is 2.90. The molecule has 0 aliphatic carbocycles. The normalized spacial score (nSPS) is 11.3. The van der Waals surface area contributed by atoms with Crippen LogP contribution >= 0.6 is 0 Å². The van der Waals surface area contributed by atoms with Gasteiger partial charge < -0.3 is 4.57 Å². The topological polar surface area (TPSA) is 17.8 Å². The summed E-state index contributed by atoms with van der Waals surface area (Å²) in [5, 5.41) is 2.52. The molecule has 2 nitrogen and oxygen atoms in total. The summed E-state index contributed by atoms with van der Waals surface area (Å²) in [7, 11) is 0. The van der Waals surface area contributed by atoms with Crippen molar-refractivity contribution in [1.82, 2.24) is 9.55 Å². The molecule has 2 aromatic heterocycles. The lowest BCUT2D eigenvalue weighted by Gasteiger charge is -2.09. The van der Waals surface area contributed by atoms with Gasteiger partial charge in [-0.1, -0.05) is 30.3 Å². The standard InChI is InChI=1S/C19H16N2/c1-14-6-7-15-9-11-21(19(15)12-14)13-16-8-10-20-18-5-3-2-4-17(16)18/h2-12H,13H2,1H3. The van der Waals surface area contributed by atoms with Crippen LogP contribution in [0.3, 0.4) is 0 Å². The van der Waals surface area contributed by atoms with Gasteiger partial charge in [-0.05, 0) is 47.7 Å². The molecule has 0 bridgehead atoms. The van der Waals surface area contributed by atoms with E-state index in [1.54, 1.807) is 0 Å². The first-order valence-electron chi connectivity index (χ1n) is 7.19. The van der Waals surface area contributed by atoms with Gasteiger partial charge in [0.05, 0.1) is 5.52 Å². The van der Waals surface area contributed by atoms with Crippen LogP contribution in [0, 0.1) is 6.92 Å². The predicted molar refractivity (Wildman–Crippen MR) is 87.5 cm³/mol. The molecule has 0 atom stereocenters. The quantitative estimate of drug-likeness (QED) is 0.523. The summed E-state index contributed by atoms with van der Waals surface area (Å²) in [4.78, 5) is 4.44. The minimum absolute atomic E-state index is 0.871. The second-order valence-electron chi connectivity index (χ2n) is 5.49. The van der Waals surface area contributed by atoms with Crippen LogP contribution in [-0.2, 0) is 6.54 Å². The Labute approximate surface area is 123 Å². The van der Waals surface area contributed by atoms with Crippen LogP contribution < -0.4 is 0 Å². The summed E-state index contributed by atoms with van der Waals surface area (Å²) in [5.74, 6) is 0. The molecule has 4 rings (SSSR count). The zero-order valence-corrected chi connectivity index (χ0v) is 12.0. The van der Waals surface area contributed by atoms with Gasteiger partial charge in [-0.15, -0.1) is 0 Å². The molecule has 0 aliphatic heterocycles. The van der Waals surface area contributed by atoms with Gasteiger partial charge in [0, 0.05) is 29.8 Å². The van der Waals surface area contributed by atoms with E-state index >= 15 is 0 Å². The summed E-state index contributed by atoms with van der Waals surface area (Å²) in [5.41, 5.74) is 4.94. The summed E-state index contributed by atoms with van der Waals surface area (Å²) in [6, 6.07) is 19.2. The first kappa shape index (κ1) is 12.2. The van der Waals surface area contributed by atoms with Crippen molar-refractivity contribution in [2.75, 3.05) is 0 Å². The van der Waals surface area contributed by atoms with Crippen molar-refractivity contribution in [3.05, 3.63) is 78.1 Å². The van der Waals surface area contributed by atoms with Crippen LogP contribution in [0.15, 0.2) is 67.0 Å². The molecule has 102 valence electrons. The molecule has 0 saturated heterocycles. The van der Waals surface area contributed by atoms with Crippen molar-refractivity contribution in [3.63, 3.8) is 0 Å². The van der Waals surface area contributed by atoms with E-state index in [0.717, 1.165) is 12.1 Å². The lowest BCUT2D eigenvalue weighted by Crippen LogP contribution is -1.99. The largest absolute Gasteiger partial charge is 0.343 e. The van der Waals surface area contributed by atoms with Gasteiger partial charge in [-0.3, -0.25) is 4.98 Å². The number of para-hydroxylation sites is 1. The number of aromatic nitrogens is 2. The molecule has 0 unspecified atom stereocenters. The number of hydrogen-bond donors (Lipinski definition) is 0. The third-order valence-corrected chi connectivity index (χ3v) is 4.01. The number of rotatable bonds is 2. The van der Waals surface area contributed by atoms with E-state index in [-0.39, 0.29) is 0 Å². The second kappa shape index (κ2) is 4.74. The van der Waals surface area contributed by atoms with Crippen molar-refractivity contribution in [2.45, 2.75) is 13.5 Å². The minimum atomic E-state index is 0.871. The first-order valence-corrected chi connectivity index (χ1v) is 7.19. The van der Waals surface area contributed by atoms with Crippen LogP contribution in [0.4, 0.5) is 0 Å². The zero-order valence-electron chi connectivity index (χ0n) is 12.0. The Bertz CT molecular complexity index is 929. The molecular weight excluding hydrogens is 256 g/mol. The molecule has 0 aliphatic rings. The minimum Gasteiger partial charge on any atom is -0.343 e. The molecule has 2 aromatic carbocycles. The average molecular weight is 272 g/mol. The Kier molecular flexibility index (Phi) is 2.74. The summed E-state index contributed by atoms with van der Waals surface area (Å²) >= 11 is 0. The van der Waals surface area contributed by atoms with Gasteiger partial charge in [-0.2, -0.15) is 0 Å². The fraction of sp³-hybridized carbons (Fsp3) is 0.105. The van der Waals surface area contributed by atoms with E-state index in [1.165, 1.54) is 27.4 Å². The Hall–Kier alpha value is -2.61. The van der Waals surface area contributed by atoms with Crippen molar-refractivity contribution < 1.29 is 0 Å². The maximum atomic E-state index is 4.44. The van der Waals surface area contributed by atoms with E-state index < -0.39 is 0 Å². The summed E-state index contributed by atoms with van der Waals surface area (Å²) in [6.07, 6.45) is 4.06. The third kappa shape index (κ3) is 2.09. The van der Waals surface area contributed by atoms with Gasteiger partial charge >= 0.3 is 0 Å². The van der Waals surface area contributed by atoms with E-state index in [4.69, 9.17) is 0 Å². The van der Waals surface area contributed by atoms with E-state index in [1.807, 2.05) is 12.3 Å². The van der Waals surface area contributed by atoms with E-state index in [2.05, 4.69) is 71.2 Å². The van der Waals surface area contributed by atoms with Gasteiger partial charge in [0.1, 0.15) is 0 Å². The number of benzene rings is 2. The Balaban J connectivity index is 1.85. The summed E-state index contributed by atoms with van der Waals surface area (Å²) < 4.78 is 2.31.